The van der Waals surface area contributed by atoms with Crippen molar-refractivity contribution < 1.29 is 4.74 Å². The highest BCUT2D eigenvalue weighted by Crippen LogP contribution is 2.27. The average Bonchev–Trinajstić information content (AvgIpc) is 2.86. The lowest BCUT2D eigenvalue weighted by molar-refractivity contribution is 0.412. The summed E-state index contributed by atoms with van der Waals surface area (Å²) in [6, 6.07) is 5.77. The Balaban J connectivity index is 2.43. The molecule has 1 aromatic heterocycles. The summed E-state index contributed by atoms with van der Waals surface area (Å²) in [5.74, 6) is 1.53. The Labute approximate surface area is 113 Å². The third kappa shape index (κ3) is 2.37. The van der Waals surface area contributed by atoms with Gasteiger partial charge in [0.15, 0.2) is 5.82 Å². The Morgan fingerprint density at radius 3 is 2.83 bits per heavy atom. The Morgan fingerprint density at radius 1 is 1.44 bits per heavy atom. The second-order valence-corrected chi connectivity index (χ2v) is 4.63. The minimum Gasteiger partial charge on any atom is -0.496 e. The van der Waals surface area contributed by atoms with E-state index in [-0.39, 0.29) is 6.04 Å². The number of halogens is 1. The summed E-state index contributed by atoms with van der Waals surface area (Å²) in [6.07, 6.45) is 0. The van der Waals surface area contributed by atoms with Crippen molar-refractivity contribution in [1.29, 1.82) is 0 Å². The van der Waals surface area contributed by atoms with Crippen molar-refractivity contribution in [3.63, 3.8) is 0 Å². The predicted octanol–water partition coefficient (Wildman–Crippen LogP) is 1.71. The van der Waals surface area contributed by atoms with Crippen molar-refractivity contribution in [2.75, 3.05) is 14.2 Å². The van der Waals surface area contributed by atoms with Gasteiger partial charge in [0.1, 0.15) is 5.75 Å². The second kappa shape index (κ2) is 5.45. The molecule has 0 aliphatic heterocycles. The maximum absolute atomic E-state index is 5.20. The molecule has 1 aromatic carbocycles. The zero-order chi connectivity index (χ0) is 13.1. The summed E-state index contributed by atoms with van der Waals surface area (Å²) in [5, 5.41) is 14.9. The first kappa shape index (κ1) is 13.0. The number of nitrogens with one attached hydrogen (secondary N) is 1. The van der Waals surface area contributed by atoms with Crippen molar-refractivity contribution in [2.24, 2.45) is 0 Å². The molecule has 0 amide bonds. The Bertz CT molecular complexity index is 542. The molecule has 18 heavy (non-hydrogen) atoms. The largest absolute Gasteiger partial charge is 0.496 e. The minimum atomic E-state index is 0.0703. The van der Waals surface area contributed by atoms with Crippen LogP contribution in [-0.4, -0.2) is 34.4 Å². The van der Waals surface area contributed by atoms with E-state index in [1.54, 1.807) is 11.8 Å². The highest BCUT2D eigenvalue weighted by Gasteiger charge is 2.14. The number of methoxy groups -OCH3 is 1. The van der Waals surface area contributed by atoms with E-state index in [4.69, 9.17) is 4.74 Å². The molecule has 0 aliphatic carbocycles. The smallest absolute Gasteiger partial charge is 0.173 e. The quantitative estimate of drug-likeness (QED) is 0.931. The fraction of sp³-hybridized carbons (Fsp3) is 0.364. The number of benzene rings is 1. The molecule has 2 aromatic rings. The lowest BCUT2D eigenvalue weighted by Crippen LogP contribution is -2.17. The molecule has 2 rings (SSSR count). The number of nitrogens with zero attached hydrogens (tertiary/aromatic N) is 4. The Kier molecular flexibility index (Phi) is 3.93. The van der Waals surface area contributed by atoms with Crippen LogP contribution in [0.5, 0.6) is 5.75 Å². The Hall–Kier alpha value is -1.47. The molecule has 0 spiro atoms. The summed E-state index contributed by atoms with van der Waals surface area (Å²) in [6.45, 7) is 2.00. The van der Waals surface area contributed by atoms with Crippen molar-refractivity contribution in [2.45, 2.75) is 13.0 Å². The van der Waals surface area contributed by atoms with Crippen LogP contribution in [0.4, 0.5) is 0 Å². The molecular formula is C11H14BrN5O. The van der Waals surface area contributed by atoms with Gasteiger partial charge in [0, 0.05) is 0 Å². The molecule has 0 saturated heterocycles. The van der Waals surface area contributed by atoms with E-state index in [9.17, 15) is 0 Å². The van der Waals surface area contributed by atoms with Crippen molar-refractivity contribution in [3.8, 4) is 11.4 Å². The van der Waals surface area contributed by atoms with Crippen LogP contribution in [0.3, 0.4) is 0 Å². The van der Waals surface area contributed by atoms with Crippen LogP contribution in [0.25, 0.3) is 5.69 Å². The zero-order valence-corrected chi connectivity index (χ0v) is 12.0. The van der Waals surface area contributed by atoms with Gasteiger partial charge in [-0.3, -0.25) is 0 Å². The van der Waals surface area contributed by atoms with Gasteiger partial charge >= 0.3 is 0 Å². The van der Waals surface area contributed by atoms with Crippen molar-refractivity contribution >= 4 is 15.9 Å². The highest BCUT2D eigenvalue weighted by molar-refractivity contribution is 9.10. The number of tetrazole rings is 1. The number of ether oxygens (including phenoxy) is 1. The molecule has 96 valence electrons. The van der Waals surface area contributed by atoms with E-state index in [0.717, 1.165) is 21.7 Å². The molecule has 0 fully saturated rings. The van der Waals surface area contributed by atoms with E-state index >= 15 is 0 Å². The van der Waals surface area contributed by atoms with Gasteiger partial charge in [0.2, 0.25) is 0 Å². The van der Waals surface area contributed by atoms with Gasteiger partial charge < -0.3 is 10.1 Å². The predicted molar refractivity (Wildman–Crippen MR) is 70.9 cm³/mol. The average molecular weight is 312 g/mol. The van der Waals surface area contributed by atoms with Gasteiger partial charge in [-0.2, -0.15) is 4.68 Å². The molecule has 1 N–H and O–H groups in total. The van der Waals surface area contributed by atoms with Crippen molar-refractivity contribution in [1.82, 2.24) is 25.5 Å². The van der Waals surface area contributed by atoms with E-state index in [1.165, 1.54) is 0 Å². The van der Waals surface area contributed by atoms with Gasteiger partial charge in [0.05, 0.1) is 23.3 Å². The monoisotopic (exact) mass is 311 g/mol. The number of hydrogen-bond acceptors (Lipinski definition) is 5. The van der Waals surface area contributed by atoms with Crippen LogP contribution in [0.1, 0.15) is 18.8 Å². The second-order valence-electron chi connectivity index (χ2n) is 3.78. The Morgan fingerprint density at radius 2 is 2.22 bits per heavy atom. The van der Waals surface area contributed by atoms with E-state index in [1.807, 2.05) is 32.2 Å². The number of hydrogen-bond donors (Lipinski definition) is 1. The zero-order valence-electron chi connectivity index (χ0n) is 10.4. The lowest BCUT2D eigenvalue weighted by Gasteiger charge is -2.11. The molecule has 1 atom stereocenters. The summed E-state index contributed by atoms with van der Waals surface area (Å²) in [7, 11) is 3.50. The fourth-order valence-electron chi connectivity index (χ4n) is 1.56. The summed E-state index contributed by atoms with van der Waals surface area (Å²) < 4.78 is 7.76. The maximum atomic E-state index is 5.20. The first-order valence-electron chi connectivity index (χ1n) is 5.46. The molecule has 1 unspecified atom stereocenters. The summed E-state index contributed by atoms with van der Waals surface area (Å²) in [5.41, 5.74) is 0.879. The lowest BCUT2D eigenvalue weighted by atomic mass is 10.2. The first-order chi connectivity index (χ1) is 8.67. The third-order valence-electron chi connectivity index (χ3n) is 2.69. The van der Waals surface area contributed by atoms with Gasteiger partial charge in [-0.1, -0.05) is 0 Å². The van der Waals surface area contributed by atoms with Gasteiger partial charge in [-0.25, -0.2) is 0 Å². The van der Waals surface area contributed by atoms with Crippen LogP contribution in [-0.2, 0) is 0 Å². The molecule has 0 aliphatic rings. The molecule has 1 heterocycles. The SMILES string of the molecule is CNC(C)c1nnnn1-c1ccc(OC)c(Br)c1. The summed E-state index contributed by atoms with van der Waals surface area (Å²) in [4.78, 5) is 0. The van der Waals surface area contributed by atoms with E-state index in [2.05, 4.69) is 36.8 Å². The van der Waals surface area contributed by atoms with Crippen LogP contribution in [0, 0.1) is 0 Å². The van der Waals surface area contributed by atoms with Crippen molar-refractivity contribution in [3.05, 3.63) is 28.5 Å². The maximum Gasteiger partial charge on any atom is 0.173 e. The molecule has 6 nitrogen and oxygen atoms in total. The molecule has 7 heteroatoms. The molecular weight excluding hydrogens is 298 g/mol. The normalized spacial score (nSPS) is 12.4. The third-order valence-corrected chi connectivity index (χ3v) is 3.31. The minimum absolute atomic E-state index is 0.0703. The van der Waals surface area contributed by atoms with Gasteiger partial charge in [-0.05, 0) is 58.5 Å². The highest BCUT2D eigenvalue weighted by atomic mass is 79.9. The van der Waals surface area contributed by atoms with Gasteiger partial charge in [0.25, 0.3) is 0 Å². The fourth-order valence-corrected chi connectivity index (χ4v) is 2.09. The molecule has 0 radical (unpaired) electrons. The van der Waals surface area contributed by atoms with E-state index in [0.29, 0.717) is 0 Å². The molecule has 0 bridgehead atoms. The molecule has 0 saturated carbocycles. The number of rotatable bonds is 4. The van der Waals surface area contributed by atoms with Crippen LogP contribution in [0.2, 0.25) is 0 Å². The van der Waals surface area contributed by atoms with Crippen LogP contribution >= 0.6 is 15.9 Å². The van der Waals surface area contributed by atoms with Crippen LogP contribution in [0.15, 0.2) is 22.7 Å². The number of aromatic nitrogens is 4. The van der Waals surface area contributed by atoms with Gasteiger partial charge in [-0.15, -0.1) is 5.10 Å². The van der Waals surface area contributed by atoms with Crippen LogP contribution < -0.4 is 10.1 Å². The topological polar surface area (TPSA) is 64.9 Å². The first-order valence-corrected chi connectivity index (χ1v) is 6.26. The summed E-state index contributed by atoms with van der Waals surface area (Å²) >= 11 is 3.45. The van der Waals surface area contributed by atoms with E-state index < -0.39 is 0 Å². The standard InChI is InChI=1S/C11H14BrN5O/c1-7(13-2)11-14-15-16-17(11)8-4-5-10(18-3)9(12)6-8/h4-7,13H,1-3H3.